The molecular weight excluding hydrogens is 319 g/mol. The van der Waals surface area contributed by atoms with Crippen LogP contribution < -0.4 is 10.6 Å². The summed E-state index contributed by atoms with van der Waals surface area (Å²) in [5.74, 6) is 0. The highest BCUT2D eigenvalue weighted by Crippen LogP contribution is 2.34. The maximum atomic E-state index is 2.28. The fourth-order valence-electron chi connectivity index (χ4n) is 2.73. The molecule has 3 aromatic carbocycles. The first-order valence-corrected chi connectivity index (χ1v) is 10.2. The Bertz CT molecular complexity index is 750. The van der Waals surface area contributed by atoms with Crippen molar-refractivity contribution in [1.29, 1.82) is 0 Å². The van der Waals surface area contributed by atoms with Crippen LogP contribution in [0.25, 0.3) is 6.08 Å². The molecule has 0 saturated heterocycles. The molecule has 0 N–H and O–H groups in total. The van der Waals surface area contributed by atoms with Crippen molar-refractivity contribution in [3.8, 4) is 0 Å². The molecule has 0 aliphatic carbocycles. The quantitative estimate of drug-likeness (QED) is 0.377. The predicted octanol–water partition coefficient (Wildman–Crippen LogP) is 5.78. The predicted molar refractivity (Wildman–Crippen MR) is 113 cm³/mol. The zero-order valence-corrected chi connectivity index (χ0v) is 15.2. The molecule has 0 spiro atoms. The number of allylic oxidation sites excluding steroid dienone is 3. The topological polar surface area (TPSA) is 0 Å². The van der Waals surface area contributed by atoms with E-state index in [1.165, 1.54) is 22.3 Å². The molecular formula is C24H23P. The van der Waals surface area contributed by atoms with Crippen LogP contribution in [0, 0.1) is 0 Å². The van der Waals surface area contributed by atoms with E-state index < -0.39 is 0 Å². The van der Waals surface area contributed by atoms with E-state index in [4.69, 9.17) is 0 Å². The smallest absolute Gasteiger partial charge is 0.0195 e. The van der Waals surface area contributed by atoms with Gasteiger partial charge in [-0.3, -0.25) is 0 Å². The minimum atomic E-state index is -0.291. The van der Waals surface area contributed by atoms with E-state index in [2.05, 4.69) is 109 Å². The van der Waals surface area contributed by atoms with Crippen molar-refractivity contribution in [2.45, 2.75) is 6.42 Å². The molecule has 0 bridgehead atoms. The van der Waals surface area contributed by atoms with E-state index in [-0.39, 0.29) is 7.92 Å². The second-order valence-electron chi connectivity index (χ2n) is 5.81. The SMILES string of the molecule is C(=C/CCP(c1ccccc1)c1ccccc1)/C=C/c1ccccc1. The van der Waals surface area contributed by atoms with Crippen LogP contribution in [0.5, 0.6) is 0 Å². The Morgan fingerprint density at radius 1 is 0.600 bits per heavy atom. The molecule has 0 radical (unpaired) electrons. The highest BCUT2D eigenvalue weighted by molar-refractivity contribution is 7.73. The minimum absolute atomic E-state index is 0.291. The van der Waals surface area contributed by atoms with Gasteiger partial charge in [-0.25, -0.2) is 0 Å². The summed E-state index contributed by atoms with van der Waals surface area (Å²) >= 11 is 0. The fraction of sp³-hybridized carbons (Fsp3) is 0.0833. The summed E-state index contributed by atoms with van der Waals surface area (Å²) in [6.07, 6.45) is 11.0. The van der Waals surface area contributed by atoms with Gasteiger partial charge in [0.1, 0.15) is 0 Å². The van der Waals surface area contributed by atoms with Gasteiger partial charge in [-0.15, -0.1) is 0 Å². The molecule has 0 fully saturated rings. The van der Waals surface area contributed by atoms with Crippen LogP contribution in [-0.2, 0) is 0 Å². The minimum Gasteiger partial charge on any atom is -0.0842 e. The second kappa shape index (κ2) is 9.77. The van der Waals surface area contributed by atoms with Gasteiger partial charge in [-0.05, 0) is 36.7 Å². The molecule has 3 aromatic rings. The largest absolute Gasteiger partial charge is 0.0842 e. The van der Waals surface area contributed by atoms with Gasteiger partial charge in [0.2, 0.25) is 0 Å². The maximum absolute atomic E-state index is 2.28. The van der Waals surface area contributed by atoms with Gasteiger partial charge < -0.3 is 0 Å². The molecule has 1 heteroatoms. The Kier molecular flexibility index (Phi) is 6.80. The highest BCUT2D eigenvalue weighted by atomic mass is 31.1. The lowest BCUT2D eigenvalue weighted by Crippen LogP contribution is -2.13. The van der Waals surface area contributed by atoms with Crippen molar-refractivity contribution in [2.75, 3.05) is 6.16 Å². The lowest BCUT2D eigenvalue weighted by atomic mass is 10.2. The maximum Gasteiger partial charge on any atom is -0.0195 e. The monoisotopic (exact) mass is 342 g/mol. The molecule has 0 unspecified atom stereocenters. The van der Waals surface area contributed by atoms with Crippen molar-refractivity contribution in [2.24, 2.45) is 0 Å². The zero-order chi connectivity index (χ0) is 17.2. The molecule has 0 heterocycles. The van der Waals surface area contributed by atoms with E-state index >= 15 is 0 Å². The molecule has 0 nitrogen and oxygen atoms in total. The molecule has 0 aliphatic rings. The molecule has 0 aromatic heterocycles. The molecule has 0 aliphatic heterocycles. The number of benzene rings is 3. The Morgan fingerprint density at radius 3 is 1.68 bits per heavy atom. The van der Waals surface area contributed by atoms with Gasteiger partial charge in [0.25, 0.3) is 0 Å². The van der Waals surface area contributed by atoms with Crippen LogP contribution >= 0.6 is 7.92 Å². The molecule has 124 valence electrons. The zero-order valence-electron chi connectivity index (χ0n) is 14.3. The Morgan fingerprint density at radius 2 is 1.12 bits per heavy atom. The van der Waals surface area contributed by atoms with E-state index in [1.54, 1.807) is 0 Å². The molecule has 3 rings (SSSR count). The first-order chi connectivity index (χ1) is 12.4. The third-order valence-electron chi connectivity index (χ3n) is 3.99. The first kappa shape index (κ1) is 17.4. The summed E-state index contributed by atoms with van der Waals surface area (Å²) in [7, 11) is -0.291. The van der Waals surface area contributed by atoms with Crippen molar-refractivity contribution >= 4 is 24.6 Å². The third kappa shape index (κ3) is 5.55. The molecule has 0 atom stereocenters. The van der Waals surface area contributed by atoms with E-state index in [9.17, 15) is 0 Å². The summed E-state index contributed by atoms with van der Waals surface area (Å²) in [5.41, 5.74) is 1.24. The van der Waals surface area contributed by atoms with Gasteiger partial charge in [0, 0.05) is 0 Å². The number of rotatable bonds is 7. The van der Waals surface area contributed by atoms with Crippen molar-refractivity contribution in [3.63, 3.8) is 0 Å². The molecule has 25 heavy (non-hydrogen) atoms. The normalized spacial score (nSPS) is 11.6. The summed E-state index contributed by atoms with van der Waals surface area (Å²) in [6.45, 7) is 0. The second-order valence-corrected chi connectivity index (χ2v) is 8.15. The molecule has 0 saturated carbocycles. The van der Waals surface area contributed by atoms with E-state index in [1.807, 2.05) is 6.07 Å². The lowest BCUT2D eigenvalue weighted by Gasteiger charge is -2.17. The first-order valence-electron chi connectivity index (χ1n) is 8.69. The van der Waals surface area contributed by atoms with E-state index in [0.29, 0.717) is 0 Å². The van der Waals surface area contributed by atoms with Crippen LogP contribution in [-0.4, -0.2) is 6.16 Å². The Balaban J connectivity index is 1.62. The Hall–Kier alpha value is -2.43. The summed E-state index contributed by atoms with van der Waals surface area (Å²) in [5, 5.41) is 2.91. The van der Waals surface area contributed by atoms with Gasteiger partial charge in [0.05, 0.1) is 0 Å². The number of hydrogen-bond donors (Lipinski definition) is 0. The van der Waals surface area contributed by atoms with Gasteiger partial charge in [-0.1, -0.05) is 115 Å². The van der Waals surface area contributed by atoms with Crippen LogP contribution in [0.2, 0.25) is 0 Å². The summed E-state index contributed by atoms with van der Waals surface area (Å²) in [4.78, 5) is 0. The molecule has 0 amide bonds. The highest BCUT2D eigenvalue weighted by Gasteiger charge is 2.11. The van der Waals surface area contributed by atoms with Crippen LogP contribution in [0.3, 0.4) is 0 Å². The average Bonchev–Trinajstić information content (AvgIpc) is 2.69. The summed E-state index contributed by atoms with van der Waals surface area (Å²) < 4.78 is 0. The standard InChI is InChI=1S/C24H23P/c1(6-14-22-15-7-3-8-16-22)2-13-21-25(23-17-9-4-10-18-23)24-19-11-5-12-20-24/h1-12,14-20H,13,21H2/b2-1-,14-6+. The summed E-state index contributed by atoms with van der Waals surface area (Å²) in [6, 6.07) is 32.2. The van der Waals surface area contributed by atoms with Crippen molar-refractivity contribution < 1.29 is 0 Å². The van der Waals surface area contributed by atoms with Gasteiger partial charge in [-0.2, -0.15) is 0 Å². The third-order valence-corrected chi connectivity index (χ3v) is 6.54. The Labute approximate surface area is 152 Å². The van der Waals surface area contributed by atoms with Crippen LogP contribution in [0.1, 0.15) is 12.0 Å². The van der Waals surface area contributed by atoms with Gasteiger partial charge >= 0.3 is 0 Å². The fourth-order valence-corrected chi connectivity index (χ4v) is 5.02. The van der Waals surface area contributed by atoms with Crippen molar-refractivity contribution in [3.05, 3.63) is 115 Å². The van der Waals surface area contributed by atoms with Crippen LogP contribution in [0.15, 0.2) is 109 Å². The average molecular weight is 342 g/mol. The van der Waals surface area contributed by atoms with E-state index in [0.717, 1.165) is 6.42 Å². The van der Waals surface area contributed by atoms with Crippen LogP contribution in [0.4, 0.5) is 0 Å². The van der Waals surface area contributed by atoms with Crippen molar-refractivity contribution in [1.82, 2.24) is 0 Å². The lowest BCUT2D eigenvalue weighted by molar-refractivity contribution is 1.24. The van der Waals surface area contributed by atoms with Gasteiger partial charge in [0.15, 0.2) is 0 Å². The number of hydrogen-bond acceptors (Lipinski definition) is 0.